The highest BCUT2D eigenvalue weighted by Gasteiger charge is 2.01. The van der Waals surface area contributed by atoms with Crippen LogP contribution < -0.4 is 0 Å². The van der Waals surface area contributed by atoms with Crippen LogP contribution in [0.2, 0.25) is 0 Å². The Morgan fingerprint density at radius 1 is 1.58 bits per heavy atom. The lowest BCUT2D eigenvalue weighted by molar-refractivity contribution is 0.157. The smallest absolute Gasteiger partial charge is 0.0584 e. The summed E-state index contributed by atoms with van der Waals surface area (Å²) >= 11 is 6.22. The summed E-state index contributed by atoms with van der Waals surface area (Å²) < 4.78 is 0. The molecule has 1 N–H and O–H groups in total. The Morgan fingerprint density at radius 2 is 2.33 bits per heavy atom. The number of thioether (sulfide) groups is 1. The summed E-state index contributed by atoms with van der Waals surface area (Å²) in [5.41, 5.74) is 0. The number of aliphatic hydroxyl groups excluding tert-OH is 1. The van der Waals surface area contributed by atoms with E-state index in [0.717, 1.165) is 18.6 Å². The number of aliphatic hydroxyl groups is 1. The Morgan fingerprint density at radius 3 is 2.92 bits per heavy atom. The number of nitrogens with zero attached hydrogens (tertiary/aromatic N) is 1. The molecule has 70 valence electrons. The molecule has 0 aromatic heterocycles. The molecule has 0 aromatic rings. The van der Waals surface area contributed by atoms with Crippen molar-refractivity contribution < 1.29 is 5.11 Å². The number of aliphatic imine (C=N–C) groups is 1. The van der Waals surface area contributed by atoms with Crippen molar-refractivity contribution in [2.75, 3.05) is 18.6 Å². The van der Waals surface area contributed by atoms with Crippen LogP contribution in [0, 0.1) is 0 Å². The average molecular weight is 205 g/mol. The lowest BCUT2D eigenvalue weighted by Gasteiger charge is -2.06. The first-order chi connectivity index (χ1) is 5.81. The second kappa shape index (κ2) is 9.20. The fraction of sp³-hybridized carbons (Fsp3) is 0.875. The molecule has 0 saturated heterocycles. The zero-order valence-electron chi connectivity index (χ0n) is 7.32. The first-order valence-corrected chi connectivity index (χ1v) is 5.82. The van der Waals surface area contributed by atoms with Gasteiger partial charge in [-0.05, 0) is 43.5 Å². The van der Waals surface area contributed by atoms with Crippen molar-refractivity contribution in [1.82, 2.24) is 0 Å². The molecule has 0 amide bonds. The molecule has 0 aromatic carbocycles. The maximum Gasteiger partial charge on any atom is 0.0584 e. The highest BCUT2D eigenvalue weighted by Crippen LogP contribution is 2.05. The monoisotopic (exact) mass is 205 g/mol. The predicted octanol–water partition coefficient (Wildman–Crippen LogP) is 1.98. The molecule has 0 radical (unpaired) electrons. The standard InChI is InChI=1S/C8H15NOS2/c1-12-6-2-3-8(10)4-5-9-7-11/h8,10H,2-6H2,1H3. The number of isothiocyanates is 1. The van der Waals surface area contributed by atoms with Gasteiger partial charge >= 0.3 is 0 Å². The Hall–Kier alpha value is 0.110. The van der Waals surface area contributed by atoms with Crippen LogP contribution in [-0.4, -0.2) is 34.9 Å². The van der Waals surface area contributed by atoms with Crippen molar-refractivity contribution in [3.05, 3.63) is 0 Å². The molecule has 0 aliphatic carbocycles. The van der Waals surface area contributed by atoms with Gasteiger partial charge in [0.1, 0.15) is 0 Å². The SMILES string of the molecule is CSCCCC(O)CCN=C=S. The van der Waals surface area contributed by atoms with Crippen LogP contribution in [0.25, 0.3) is 0 Å². The van der Waals surface area contributed by atoms with Crippen LogP contribution in [0.5, 0.6) is 0 Å². The normalized spacial score (nSPS) is 12.2. The molecule has 0 spiro atoms. The quantitative estimate of drug-likeness (QED) is 0.392. The largest absolute Gasteiger partial charge is 0.393 e. The van der Waals surface area contributed by atoms with E-state index in [4.69, 9.17) is 0 Å². The van der Waals surface area contributed by atoms with Gasteiger partial charge in [0, 0.05) is 0 Å². The minimum Gasteiger partial charge on any atom is -0.393 e. The van der Waals surface area contributed by atoms with Gasteiger partial charge in [-0.1, -0.05) is 0 Å². The van der Waals surface area contributed by atoms with Gasteiger partial charge in [0.2, 0.25) is 0 Å². The predicted molar refractivity (Wildman–Crippen MR) is 58.1 cm³/mol. The third kappa shape index (κ3) is 8.21. The highest BCUT2D eigenvalue weighted by atomic mass is 32.2. The van der Waals surface area contributed by atoms with E-state index in [9.17, 15) is 5.11 Å². The van der Waals surface area contributed by atoms with Crippen molar-refractivity contribution in [3.8, 4) is 0 Å². The molecule has 0 aliphatic rings. The maximum atomic E-state index is 9.37. The van der Waals surface area contributed by atoms with E-state index >= 15 is 0 Å². The molecule has 0 bridgehead atoms. The molecule has 2 nitrogen and oxygen atoms in total. The van der Waals surface area contributed by atoms with Crippen LogP contribution >= 0.6 is 24.0 Å². The topological polar surface area (TPSA) is 32.6 Å². The Balaban J connectivity index is 3.20. The van der Waals surface area contributed by atoms with Crippen LogP contribution in [0.15, 0.2) is 4.99 Å². The zero-order chi connectivity index (χ0) is 9.23. The van der Waals surface area contributed by atoms with Gasteiger partial charge in [-0.25, -0.2) is 4.99 Å². The van der Waals surface area contributed by atoms with Crippen molar-refractivity contribution >= 4 is 29.1 Å². The van der Waals surface area contributed by atoms with Gasteiger partial charge in [0.25, 0.3) is 0 Å². The summed E-state index contributed by atoms with van der Waals surface area (Å²) in [7, 11) is 0. The van der Waals surface area contributed by atoms with Crippen LogP contribution in [-0.2, 0) is 0 Å². The Labute approximate surface area is 83.5 Å². The fourth-order valence-corrected chi connectivity index (χ4v) is 1.41. The third-order valence-electron chi connectivity index (χ3n) is 1.52. The van der Waals surface area contributed by atoms with E-state index in [2.05, 4.69) is 28.6 Å². The van der Waals surface area contributed by atoms with Gasteiger partial charge in [0.05, 0.1) is 17.8 Å². The molecule has 0 aliphatic heterocycles. The van der Waals surface area contributed by atoms with Gasteiger partial charge in [-0.3, -0.25) is 0 Å². The summed E-state index contributed by atoms with van der Waals surface area (Å²) in [6, 6.07) is 0. The summed E-state index contributed by atoms with van der Waals surface area (Å²) in [5.74, 6) is 1.12. The zero-order valence-corrected chi connectivity index (χ0v) is 8.96. The number of hydrogen-bond acceptors (Lipinski definition) is 4. The van der Waals surface area contributed by atoms with E-state index in [1.54, 1.807) is 0 Å². The van der Waals surface area contributed by atoms with Gasteiger partial charge in [0.15, 0.2) is 0 Å². The molecule has 12 heavy (non-hydrogen) atoms. The number of hydrogen-bond donors (Lipinski definition) is 1. The highest BCUT2D eigenvalue weighted by molar-refractivity contribution is 7.98. The molecule has 0 saturated carbocycles. The molecule has 0 heterocycles. The summed E-state index contributed by atoms with van der Waals surface area (Å²) in [6.07, 6.45) is 4.50. The van der Waals surface area contributed by atoms with Crippen molar-refractivity contribution in [2.24, 2.45) is 4.99 Å². The van der Waals surface area contributed by atoms with E-state index in [1.807, 2.05) is 11.8 Å². The summed E-state index contributed by atoms with van der Waals surface area (Å²) in [5, 5.41) is 11.7. The molecular weight excluding hydrogens is 190 g/mol. The Kier molecular flexibility index (Phi) is 9.28. The number of rotatable bonds is 7. The van der Waals surface area contributed by atoms with E-state index in [1.165, 1.54) is 0 Å². The summed E-state index contributed by atoms with van der Waals surface area (Å²) in [6.45, 7) is 0.601. The van der Waals surface area contributed by atoms with Crippen molar-refractivity contribution in [2.45, 2.75) is 25.4 Å². The lowest BCUT2D eigenvalue weighted by Crippen LogP contribution is -2.08. The molecular formula is C8H15NOS2. The molecule has 0 rings (SSSR count). The second-order valence-electron chi connectivity index (χ2n) is 2.55. The third-order valence-corrected chi connectivity index (χ3v) is 2.35. The first kappa shape index (κ1) is 12.1. The van der Waals surface area contributed by atoms with E-state index < -0.39 is 0 Å². The summed E-state index contributed by atoms with van der Waals surface area (Å²) in [4.78, 5) is 3.74. The van der Waals surface area contributed by atoms with Crippen molar-refractivity contribution in [1.29, 1.82) is 0 Å². The van der Waals surface area contributed by atoms with Gasteiger partial charge in [-0.2, -0.15) is 11.8 Å². The van der Waals surface area contributed by atoms with Crippen LogP contribution in [0.1, 0.15) is 19.3 Å². The Bertz CT molecular complexity index is 146. The van der Waals surface area contributed by atoms with Crippen LogP contribution in [0.3, 0.4) is 0 Å². The van der Waals surface area contributed by atoms with Crippen molar-refractivity contribution in [3.63, 3.8) is 0 Å². The van der Waals surface area contributed by atoms with E-state index in [0.29, 0.717) is 13.0 Å². The van der Waals surface area contributed by atoms with Gasteiger partial charge < -0.3 is 5.11 Å². The first-order valence-electron chi connectivity index (χ1n) is 4.02. The molecule has 0 fully saturated rings. The lowest BCUT2D eigenvalue weighted by atomic mass is 10.1. The van der Waals surface area contributed by atoms with Crippen LogP contribution in [0.4, 0.5) is 0 Å². The fourth-order valence-electron chi connectivity index (χ4n) is 0.867. The maximum absolute atomic E-state index is 9.37. The molecule has 1 atom stereocenters. The van der Waals surface area contributed by atoms with Gasteiger partial charge in [-0.15, -0.1) is 0 Å². The van der Waals surface area contributed by atoms with E-state index in [-0.39, 0.29) is 6.10 Å². The minimum atomic E-state index is -0.218. The molecule has 1 unspecified atom stereocenters. The second-order valence-corrected chi connectivity index (χ2v) is 3.72. The minimum absolute atomic E-state index is 0.218. The average Bonchev–Trinajstić information content (AvgIpc) is 2.06. The molecule has 4 heteroatoms. The number of thiocarbonyl (C=S) groups is 1.